The molecule has 0 saturated carbocycles. The van der Waals surface area contributed by atoms with Gasteiger partial charge in [-0.2, -0.15) is 10.2 Å². The van der Waals surface area contributed by atoms with Gasteiger partial charge in [0, 0.05) is 27.4 Å². The first-order chi connectivity index (χ1) is 14.2. The highest BCUT2D eigenvalue weighted by Gasteiger charge is 2.11. The molecule has 0 saturated heterocycles. The predicted molar refractivity (Wildman–Crippen MR) is 118 cm³/mol. The van der Waals surface area contributed by atoms with E-state index in [9.17, 15) is 4.79 Å². The number of para-hydroxylation sites is 1. The third-order valence-electron chi connectivity index (χ3n) is 4.29. The van der Waals surface area contributed by atoms with Crippen molar-refractivity contribution < 1.29 is 4.79 Å². The summed E-state index contributed by atoms with van der Waals surface area (Å²) in [4.78, 5) is 12.3. The van der Waals surface area contributed by atoms with Gasteiger partial charge in [0.15, 0.2) is 0 Å². The van der Waals surface area contributed by atoms with Crippen molar-refractivity contribution >= 4 is 28.1 Å². The van der Waals surface area contributed by atoms with Crippen LogP contribution in [0.5, 0.6) is 0 Å². The second kappa shape index (κ2) is 8.67. The number of benzene rings is 3. The Kier molecular flexibility index (Phi) is 5.63. The van der Waals surface area contributed by atoms with E-state index < -0.39 is 0 Å². The molecule has 3 aromatic carbocycles. The van der Waals surface area contributed by atoms with Crippen LogP contribution in [0.2, 0.25) is 0 Å². The van der Waals surface area contributed by atoms with Crippen molar-refractivity contribution in [1.29, 1.82) is 0 Å². The van der Waals surface area contributed by atoms with Gasteiger partial charge < -0.3 is 0 Å². The van der Waals surface area contributed by atoms with Gasteiger partial charge in [0.2, 0.25) is 0 Å². The molecule has 4 rings (SSSR count). The average Bonchev–Trinajstić information content (AvgIpc) is 3.19. The highest BCUT2D eigenvalue weighted by molar-refractivity contribution is 9.10. The number of nitrogens with zero attached hydrogens (tertiary/aromatic N) is 3. The maximum Gasteiger partial charge on any atom is 0.271 e. The second-order valence-electron chi connectivity index (χ2n) is 6.29. The molecular weight excluding hydrogens is 428 g/mol. The zero-order valence-electron chi connectivity index (χ0n) is 15.4. The van der Waals surface area contributed by atoms with Crippen LogP contribution >= 0.6 is 15.9 Å². The van der Waals surface area contributed by atoms with Crippen molar-refractivity contribution in [1.82, 2.24) is 15.2 Å². The zero-order valence-corrected chi connectivity index (χ0v) is 17.0. The quantitative estimate of drug-likeness (QED) is 0.345. The summed E-state index contributed by atoms with van der Waals surface area (Å²) >= 11 is 3.36. The number of amides is 1. The van der Waals surface area contributed by atoms with Crippen molar-refractivity contribution in [3.63, 3.8) is 0 Å². The van der Waals surface area contributed by atoms with Gasteiger partial charge in [0.05, 0.1) is 11.9 Å². The number of hydrazone groups is 1. The maximum absolute atomic E-state index is 12.3. The number of hydrogen-bond donors (Lipinski definition) is 1. The standard InChI is InChI=1S/C23H17BrN4O/c24-20-13-11-18(12-14-20)23(29)26-25-15-19-16-28(21-9-5-2-6-10-21)27-22(19)17-7-3-1-4-8-17/h1-16H,(H,26,29). The van der Waals surface area contributed by atoms with Gasteiger partial charge in [-0.15, -0.1) is 0 Å². The summed E-state index contributed by atoms with van der Waals surface area (Å²) in [6, 6.07) is 26.8. The summed E-state index contributed by atoms with van der Waals surface area (Å²) in [6.45, 7) is 0. The first kappa shape index (κ1) is 18.8. The van der Waals surface area contributed by atoms with E-state index in [1.54, 1.807) is 23.0 Å². The smallest absolute Gasteiger partial charge is 0.267 e. The van der Waals surface area contributed by atoms with Crippen LogP contribution in [-0.2, 0) is 0 Å². The minimum Gasteiger partial charge on any atom is -0.267 e. The SMILES string of the molecule is O=C(NN=Cc1cn(-c2ccccc2)nc1-c1ccccc1)c1ccc(Br)cc1. The van der Waals surface area contributed by atoms with Crippen molar-refractivity contribution in [3.05, 3.63) is 107 Å². The van der Waals surface area contributed by atoms with Crippen LogP contribution in [0.3, 0.4) is 0 Å². The Morgan fingerprint density at radius 1 is 0.931 bits per heavy atom. The summed E-state index contributed by atoms with van der Waals surface area (Å²) in [5.41, 5.74) is 6.62. The number of nitrogens with one attached hydrogen (secondary N) is 1. The van der Waals surface area contributed by atoms with Gasteiger partial charge in [-0.25, -0.2) is 10.1 Å². The Balaban J connectivity index is 1.61. The highest BCUT2D eigenvalue weighted by atomic mass is 79.9. The summed E-state index contributed by atoms with van der Waals surface area (Å²) in [5, 5.41) is 8.87. The summed E-state index contributed by atoms with van der Waals surface area (Å²) in [7, 11) is 0. The molecule has 0 spiro atoms. The fraction of sp³-hybridized carbons (Fsp3) is 0. The molecule has 1 amide bonds. The van der Waals surface area contributed by atoms with E-state index in [1.807, 2.05) is 79.0 Å². The van der Waals surface area contributed by atoms with E-state index >= 15 is 0 Å². The number of hydrogen-bond acceptors (Lipinski definition) is 3. The minimum atomic E-state index is -0.273. The van der Waals surface area contributed by atoms with Crippen LogP contribution in [0.4, 0.5) is 0 Å². The lowest BCUT2D eigenvalue weighted by Gasteiger charge is -2.00. The molecule has 0 unspecified atom stereocenters. The van der Waals surface area contributed by atoms with E-state index in [0.29, 0.717) is 5.56 Å². The van der Waals surface area contributed by atoms with Crippen molar-refractivity contribution in [2.45, 2.75) is 0 Å². The molecule has 1 heterocycles. The number of carbonyl (C=O) groups excluding carboxylic acids is 1. The largest absolute Gasteiger partial charge is 0.271 e. The number of rotatable bonds is 5. The molecule has 0 bridgehead atoms. The van der Waals surface area contributed by atoms with E-state index in [2.05, 4.69) is 26.5 Å². The van der Waals surface area contributed by atoms with Crippen LogP contribution < -0.4 is 5.43 Å². The number of aromatic nitrogens is 2. The van der Waals surface area contributed by atoms with Gasteiger partial charge in [-0.1, -0.05) is 64.5 Å². The molecule has 0 fully saturated rings. The molecule has 1 aromatic heterocycles. The molecule has 0 radical (unpaired) electrons. The number of carbonyl (C=O) groups is 1. The first-order valence-electron chi connectivity index (χ1n) is 9.00. The van der Waals surface area contributed by atoms with Gasteiger partial charge in [-0.05, 0) is 36.4 Å². The van der Waals surface area contributed by atoms with Gasteiger partial charge in [-0.3, -0.25) is 4.79 Å². The topological polar surface area (TPSA) is 59.3 Å². The molecule has 1 N–H and O–H groups in total. The molecule has 0 aliphatic rings. The molecule has 6 heteroatoms. The fourth-order valence-corrected chi connectivity index (χ4v) is 3.11. The lowest BCUT2D eigenvalue weighted by molar-refractivity contribution is 0.0955. The van der Waals surface area contributed by atoms with E-state index in [4.69, 9.17) is 5.10 Å². The average molecular weight is 445 g/mol. The second-order valence-corrected chi connectivity index (χ2v) is 7.20. The molecule has 142 valence electrons. The predicted octanol–water partition coefficient (Wildman–Crippen LogP) is 5.07. The van der Waals surface area contributed by atoms with Gasteiger partial charge in [0.1, 0.15) is 5.69 Å². The van der Waals surface area contributed by atoms with Crippen LogP contribution in [0.25, 0.3) is 16.9 Å². The van der Waals surface area contributed by atoms with Crippen molar-refractivity contribution in [3.8, 4) is 16.9 Å². The summed E-state index contributed by atoms with van der Waals surface area (Å²) in [6.07, 6.45) is 3.51. The Morgan fingerprint density at radius 2 is 1.59 bits per heavy atom. The molecule has 5 nitrogen and oxygen atoms in total. The fourth-order valence-electron chi connectivity index (χ4n) is 2.84. The minimum absolute atomic E-state index is 0.273. The third-order valence-corrected chi connectivity index (χ3v) is 4.82. The third kappa shape index (κ3) is 4.50. The molecule has 0 atom stereocenters. The molecule has 29 heavy (non-hydrogen) atoms. The van der Waals surface area contributed by atoms with Gasteiger partial charge >= 0.3 is 0 Å². The maximum atomic E-state index is 12.3. The highest BCUT2D eigenvalue weighted by Crippen LogP contribution is 2.22. The zero-order chi connectivity index (χ0) is 20.1. The Morgan fingerprint density at radius 3 is 2.28 bits per heavy atom. The van der Waals surface area contributed by atoms with E-state index in [0.717, 1.165) is 27.0 Å². The Bertz CT molecular complexity index is 1140. The Hall–Kier alpha value is -3.51. The normalized spacial score (nSPS) is 10.9. The van der Waals surface area contributed by atoms with Crippen LogP contribution in [0.1, 0.15) is 15.9 Å². The first-order valence-corrected chi connectivity index (χ1v) is 9.79. The lowest BCUT2D eigenvalue weighted by atomic mass is 10.1. The van der Waals surface area contributed by atoms with Gasteiger partial charge in [0.25, 0.3) is 5.91 Å². The summed E-state index contributed by atoms with van der Waals surface area (Å²) in [5.74, 6) is -0.273. The number of halogens is 1. The van der Waals surface area contributed by atoms with Crippen LogP contribution in [0.15, 0.2) is 101 Å². The van der Waals surface area contributed by atoms with Crippen molar-refractivity contribution in [2.75, 3.05) is 0 Å². The monoisotopic (exact) mass is 444 g/mol. The molecule has 0 aliphatic heterocycles. The van der Waals surface area contributed by atoms with E-state index in [-0.39, 0.29) is 5.91 Å². The lowest BCUT2D eigenvalue weighted by Crippen LogP contribution is -2.17. The molecular formula is C23H17BrN4O. The molecule has 0 aliphatic carbocycles. The van der Waals surface area contributed by atoms with Crippen molar-refractivity contribution in [2.24, 2.45) is 5.10 Å². The van der Waals surface area contributed by atoms with Crippen LogP contribution in [-0.4, -0.2) is 21.9 Å². The van der Waals surface area contributed by atoms with E-state index in [1.165, 1.54) is 0 Å². The van der Waals surface area contributed by atoms with Crippen LogP contribution in [0, 0.1) is 0 Å². The molecule has 4 aromatic rings. The summed E-state index contributed by atoms with van der Waals surface area (Å²) < 4.78 is 2.72. The Labute approximate surface area is 176 Å².